The van der Waals surface area contributed by atoms with Crippen LogP contribution >= 0.6 is 11.8 Å². The normalized spacial score (nSPS) is 29.0. The highest BCUT2D eigenvalue weighted by Gasteiger charge is 2.43. The summed E-state index contributed by atoms with van der Waals surface area (Å²) in [6.45, 7) is 1.45. The van der Waals surface area contributed by atoms with E-state index in [9.17, 15) is 9.90 Å². The standard InChI is InChI=1S/C17H23NO2S/c19-16(13-21-15-7-2-1-3-8-15)18-11-10-17(20)9-5-4-6-14(17)12-18/h1-3,7-8,14,20H,4-6,9-13H2. The molecule has 0 bridgehead atoms. The summed E-state index contributed by atoms with van der Waals surface area (Å²) in [6.07, 6.45) is 5.04. The van der Waals surface area contributed by atoms with Gasteiger partial charge < -0.3 is 10.0 Å². The van der Waals surface area contributed by atoms with Gasteiger partial charge in [-0.05, 0) is 31.4 Å². The number of amides is 1. The van der Waals surface area contributed by atoms with Crippen LogP contribution in [-0.2, 0) is 4.79 Å². The van der Waals surface area contributed by atoms with Crippen LogP contribution in [0.1, 0.15) is 32.1 Å². The van der Waals surface area contributed by atoms with Crippen molar-refractivity contribution >= 4 is 17.7 Å². The molecule has 1 aromatic rings. The largest absolute Gasteiger partial charge is 0.389 e. The van der Waals surface area contributed by atoms with Gasteiger partial charge in [0.15, 0.2) is 0 Å². The molecule has 3 rings (SSSR count). The van der Waals surface area contributed by atoms with Crippen molar-refractivity contribution in [3.63, 3.8) is 0 Å². The van der Waals surface area contributed by atoms with E-state index in [1.807, 2.05) is 35.2 Å². The number of fused-ring (bicyclic) bond motifs is 1. The Hall–Kier alpha value is -1.00. The first-order valence-electron chi connectivity index (χ1n) is 7.85. The van der Waals surface area contributed by atoms with Gasteiger partial charge in [-0.25, -0.2) is 0 Å². The van der Waals surface area contributed by atoms with E-state index in [0.29, 0.717) is 12.3 Å². The molecule has 2 atom stereocenters. The molecule has 3 nitrogen and oxygen atoms in total. The van der Waals surface area contributed by atoms with Crippen molar-refractivity contribution in [2.75, 3.05) is 18.8 Å². The number of aliphatic hydroxyl groups is 1. The Kier molecular flexibility index (Phi) is 4.55. The molecule has 1 aliphatic heterocycles. The summed E-state index contributed by atoms with van der Waals surface area (Å²) in [4.78, 5) is 15.5. The second-order valence-corrected chi connectivity index (χ2v) is 7.29. The van der Waals surface area contributed by atoms with Crippen molar-refractivity contribution in [2.45, 2.75) is 42.6 Å². The van der Waals surface area contributed by atoms with Crippen LogP contribution in [0.15, 0.2) is 35.2 Å². The molecule has 1 amide bonds. The lowest BCUT2D eigenvalue weighted by Crippen LogP contribution is -2.55. The van der Waals surface area contributed by atoms with Crippen molar-refractivity contribution in [3.8, 4) is 0 Å². The summed E-state index contributed by atoms with van der Waals surface area (Å²) in [5, 5.41) is 10.7. The molecule has 114 valence electrons. The second kappa shape index (κ2) is 6.41. The number of carbonyl (C=O) groups excluding carboxylic acids is 1. The topological polar surface area (TPSA) is 40.5 Å². The number of nitrogens with zero attached hydrogens (tertiary/aromatic N) is 1. The number of hydrogen-bond donors (Lipinski definition) is 1. The highest BCUT2D eigenvalue weighted by molar-refractivity contribution is 8.00. The zero-order chi connectivity index (χ0) is 14.7. The maximum absolute atomic E-state index is 12.4. The van der Waals surface area contributed by atoms with Crippen LogP contribution in [-0.4, -0.2) is 40.4 Å². The predicted molar refractivity (Wildman–Crippen MR) is 85.3 cm³/mol. The molecule has 2 unspecified atom stereocenters. The quantitative estimate of drug-likeness (QED) is 0.873. The minimum atomic E-state index is -0.498. The van der Waals surface area contributed by atoms with E-state index < -0.39 is 5.60 Å². The fourth-order valence-electron chi connectivity index (χ4n) is 3.55. The molecule has 2 aliphatic rings. The molecule has 1 saturated heterocycles. The third-order valence-electron chi connectivity index (χ3n) is 4.89. The highest BCUT2D eigenvalue weighted by atomic mass is 32.2. The second-order valence-electron chi connectivity index (χ2n) is 6.24. The van der Waals surface area contributed by atoms with E-state index in [1.165, 1.54) is 6.42 Å². The van der Waals surface area contributed by atoms with Crippen molar-refractivity contribution in [1.82, 2.24) is 4.90 Å². The number of thioether (sulfide) groups is 1. The van der Waals surface area contributed by atoms with Gasteiger partial charge in [-0.15, -0.1) is 11.8 Å². The van der Waals surface area contributed by atoms with E-state index in [0.717, 1.165) is 37.1 Å². The van der Waals surface area contributed by atoms with Crippen molar-refractivity contribution < 1.29 is 9.90 Å². The van der Waals surface area contributed by atoms with Crippen LogP contribution in [0.5, 0.6) is 0 Å². The average Bonchev–Trinajstić information content (AvgIpc) is 2.52. The van der Waals surface area contributed by atoms with E-state index in [4.69, 9.17) is 0 Å². The number of carbonyl (C=O) groups is 1. The molecule has 1 saturated carbocycles. The van der Waals surface area contributed by atoms with E-state index >= 15 is 0 Å². The van der Waals surface area contributed by atoms with Gasteiger partial charge in [0.25, 0.3) is 0 Å². The van der Waals surface area contributed by atoms with Crippen LogP contribution in [0.25, 0.3) is 0 Å². The Morgan fingerprint density at radius 3 is 2.90 bits per heavy atom. The van der Waals surface area contributed by atoms with Crippen LogP contribution in [0.2, 0.25) is 0 Å². The smallest absolute Gasteiger partial charge is 0.232 e. The number of benzene rings is 1. The first kappa shape index (κ1) is 14.9. The van der Waals surface area contributed by atoms with Gasteiger partial charge >= 0.3 is 0 Å². The van der Waals surface area contributed by atoms with Gasteiger partial charge in [0.2, 0.25) is 5.91 Å². The van der Waals surface area contributed by atoms with Crippen LogP contribution in [0.3, 0.4) is 0 Å². The highest BCUT2D eigenvalue weighted by Crippen LogP contribution is 2.39. The monoisotopic (exact) mass is 305 g/mol. The fraction of sp³-hybridized carbons (Fsp3) is 0.588. The van der Waals surface area contributed by atoms with Crippen molar-refractivity contribution in [2.24, 2.45) is 5.92 Å². The number of hydrogen-bond acceptors (Lipinski definition) is 3. The first-order chi connectivity index (χ1) is 10.2. The Labute approximate surface area is 130 Å². The van der Waals surface area contributed by atoms with Crippen molar-refractivity contribution in [1.29, 1.82) is 0 Å². The predicted octanol–water partition coefficient (Wildman–Crippen LogP) is 2.93. The molecule has 1 N–H and O–H groups in total. The Morgan fingerprint density at radius 2 is 2.10 bits per heavy atom. The number of piperidine rings is 1. The molecule has 21 heavy (non-hydrogen) atoms. The minimum absolute atomic E-state index is 0.205. The summed E-state index contributed by atoms with van der Waals surface area (Å²) in [7, 11) is 0. The van der Waals surface area contributed by atoms with E-state index in [2.05, 4.69) is 0 Å². The van der Waals surface area contributed by atoms with E-state index in [-0.39, 0.29) is 11.8 Å². The summed E-state index contributed by atoms with van der Waals surface area (Å²) in [5.74, 6) is 0.983. The van der Waals surface area contributed by atoms with E-state index in [1.54, 1.807) is 11.8 Å². The fourth-order valence-corrected chi connectivity index (χ4v) is 4.37. The minimum Gasteiger partial charge on any atom is -0.389 e. The van der Waals surface area contributed by atoms with Crippen molar-refractivity contribution in [3.05, 3.63) is 30.3 Å². The Morgan fingerprint density at radius 1 is 1.29 bits per heavy atom. The number of rotatable bonds is 3. The molecule has 1 heterocycles. The van der Waals surface area contributed by atoms with Crippen LogP contribution in [0, 0.1) is 5.92 Å². The maximum Gasteiger partial charge on any atom is 0.232 e. The summed E-state index contributed by atoms with van der Waals surface area (Å²) < 4.78 is 0. The molecular weight excluding hydrogens is 282 g/mol. The lowest BCUT2D eigenvalue weighted by molar-refractivity contribution is -0.140. The summed E-state index contributed by atoms with van der Waals surface area (Å²) in [6, 6.07) is 10.0. The Balaban J connectivity index is 1.54. The molecule has 1 aromatic carbocycles. The molecule has 1 aliphatic carbocycles. The van der Waals surface area contributed by atoms with Gasteiger partial charge in [0, 0.05) is 23.9 Å². The third kappa shape index (κ3) is 3.43. The molecule has 0 spiro atoms. The van der Waals surface area contributed by atoms with Gasteiger partial charge in [-0.1, -0.05) is 31.0 Å². The first-order valence-corrected chi connectivity index (χ1v) is 8.84. The molecule has 4 heteroatoms. The SMILES string of the molecule is O=C(CSc1ccccc1)N1CCC2(O)CCCCC2C1. The summed E-state index contributed by atoms with van der Waals surface area (Å²) >= 11 is 1.60. The maximum atomic E-state index is 12.4. The Bertz CT molecular complexity index is 493. The summed E-state index contributed by atoms with van der Waals surface area (Å²) in [5.41, 5.74) is -0.498. The van der Waals surface area contributed by atoms with Gasteiger partial charge in [-0.2, -0.15) is 0 Å². The zero-order valence-electron chi connectivity index (χ0n) is 12.3. The molecule has 0 radical (unpaired) electrons. The lowest BCUT2D eigenvalue weighted by atomic mass is 9.71. The zero-order valence-corrected chi connectivity index (χ0v) is 13.1. The molecule has 0 aromatic heterocycles. The van der Waals surface area contributed by atoms with Gasteiger partial charge in [0.1, 0.15) is 0 Å². The van der Waals surface area contributed by atoms with Crippen LogP contribution < -0.4 is 0 Å². The number of likely N-dealkylation sites (tertiary alicyclic amines) is 1. The molecule has 2 fully saturated rings. The third-order valence-corrected chi connectivity index (χ3v) is 5.88. The van der Waals surface area contributed by atoms with Gasteiger partial charge in [0.05, 0.1) is 11.4 Å². The lowest BCUT2D eigenvalue weighted by Gasteiger charge is -2.47. The van der Waals surface area contributed by atoms with Crippen LogP contribution in [0.4, 0.5) is 0 Å². The average molecular weight is 305 g/mol. The van der Waals surface area contributed by atoms with Gasteiger partial charge in [-0.3, -0.25) is 4.79 Å². The molecular formula is C17H23NO2S.